The van der Waals surface area contributed by atoms with E-state index in [1.54, 1.807) is 17.0 Å². The first-order valence-electron chi connectivity index (χ1n) is 11.0. The lowest BCUT2D eigenvalue weighted by Gasteiger charge is -2.17. The minimum absolute atomic E-state index is 0.109. The topological polar surface area (TPSA) is 75.7 Å². The van der Waals surface area contributed by atoms with Crippen molar-refractivity contribution in [2.75, 3.05) is 25.5 Å². The number of hydrogen-bond donors (Lipinski definition) is 1. The number of amides is 2. The number of ether oxygens (including phenoxy) is 1. The minimum Gasteiger partial charge on any atom is -0.465 e. The van der Waals surface area contributed by atoms with Crippen molar-refractivity contribution in [3.63, 3.8) is 0 Å². The molecule has 1 fully saturated rings. The van der Waals surface area contributed by atoms with E-state index in [-0.39, 0.29) is 17.2 Å². The Morgan fingerprint density at radius 2 is 1.61 bits per heavy atom. The molecule has 0 unspecified atom stereocenters. The van der Waals surface area contributed by atoms with Crippen LogP contribution in [0.25, 0.3) is 16.3 Å². The Kier molecular flexibility index (Phi) is 6.54. The number of carbonyl (C=O) groups excluding carboxylic acids is 3. The Bertz CT molecular complexity index is 1260. The quantitative estimate of drug-likeness (QED) is 0.450. The fourth-order valence-electron chi connectivity index (χ4n) is 4.05. The number of nitrogens with zero attached hydrogens (tertiary/aromatic N) is 1. The van der Waals surface area contributed by atoms with E-state index in [2.05, 4.69) is 5.32 Å². The molecule has 0 bridgehead atoms. The number of anilines is 1. The number of nitrogens with one attached hydrogen (secondary N) is 1. The van der Waals surface area contributed by atoms with Crippen LogP contribution in [0, 0.1) is 0 Å². The molecule has 0 spiro atoms. The maximum absolute atomic E-state index is 12.8. The Labute approximate surface area is 192 Å². The second-order valence-corrected chi connectivity index (χ2v) is 8.13. The van der Waals surface area contributed by atoms with Crippen molar-refractivity contribution < 1.29 is 19.1 Å². The van der Waals surface area contributed by atoms with Gasteiger partial charge in [0.05, 0.1) is 18.4 Å². The van der Waals surface area contributed by atoms with Crippen molar-refractivity contribution in [2.45, 2.75) is 19.8 Å². The molecule has 1 aliphatic heterocycles. The summed E-state index contributed by atoms with van der Waals surface area (Å²) in [5.74, 6) is -1.08. The number of allylic oxidation sites excluding steroid dienone is 1. The maximum Gasteiger partial charge on any atom is 0.339 e. The number of rotatable bonds is 5. The Hall–Kier alpha value is -3.93. The zero-order valence-electron chi connectivity index (χ0n) is 18.8. The van der Waals surface area contributed by atoms with E-state index >= 15 is 0 Å². The smallest absolute Gasteiger partial charge is 0.339 e. The van der Waals surface area contributed by atoms with E-state index in [9.17, 15) is 14.4 Å². The molecule has 3 aromatic rings. The van der Waals surface area contributed by atoms with Crippen LogP contribution in [0.15, 0.2) is 66.7 Å². The molecule has 6 nitrogen and oxygen atoms in total. The highest BCUT2D eigenvalue weighted by molar-refractivity contribution is 6.09. The Morgan fingerprint density at radius 1 is 0.909 bits per heavy atom. The SMILES string of the molecule is COC(=O)c1ccc(C(=O)N2CCCC2)cc1NC(=O)C=C(C)c1ccc2ccccc2c1. The van der Waals surface area contributed by atoms with E-state index in [0.29, 0.717) is 18.7 Å². The first kappa shape index (κ1) is 22.3. The number of methoxy groups -OCH3 is 1. The monoisotopic (exact) mass is 442 g/mol. The van der Waals surface area contributed by atoms with E-state index in [4.69, 9.17) is 4.74 Å². The Morgan fingerprint density at radius 3 is 2.33 bits per heavy atom. The van der Waals surface area contributed by atoms with Gasteiger partial charge in [-0.3, -0.25) is 9.59 Å². The molecule has 1 saturated heterocycles. The highest BCUT2D eigenvalue weighted by Gasteiger charge is 2.22. The second kappa shape index (κ2) is 9.69. The van der Waals surface area contributed by atoms with Gasteiger partial charge in [-0.15, -0.1) is 0 Å². The minimum atomic E-state index is -0.583. The summed E-state index contributed by atoms with van der Waals surface area (Å²) in [6.45, 7) is 3.29. The molecule has 4 rings (SSSR count). The number of esters is 1. The van der Waals surface area contributed by atoms with Crippen molar-refractivity contribution in [1.82, 2.24) is 4.90 Å². The van der Waals surface area contributed by atoms with Gasteiger partial charge in [0.2, 0.25) is 5.91 Å². The van der Waals surface area contributed by atoms with E-state index in [1.807, 2.05) is 49.4 Å². The highest BCUT2D eigenvalue weighted by atomic mass is 16.5. The van der Waals surface area contributed by atoms with Crippen LogP contribution in [0.2, 0.25) is 0 Å². The third-order valence-electron chi connectivity index (χ3n) is 5.88. The van der Waals surface area contributed by atoms with Gasteiger partial charge in [0.15, 0.2) is 0 Å². The molecular weight excluding hydrogens is 416 g/mol. The molecule has 0 radical (unpaired) electrons. The zero-order valence-corrected chi connectivity index (χ0v) is 18.8. The van der Waals surface area contributed by atoms with Gasteiger partial charge in [-0.1, -0.05) is 36.4 Å². The maximum atomic E-state index is 12.8. The van der Waals surface area contributed by atoms with E-state index in [0.717, 1.165) is 34.8 Å². The van der Waals surface area contributed by atoms with Crippen LogP contribution in [-0.4, -0.2) is 42.9 Å². The lowest BCUT2D eigenvalue weighted by atomic mass is 10.0. The fourth-order valence-corrected chi connectivity index (χ4v) is 4.05. The molecule has 1 N–H and O–H groups in total. The van der Waals surface area contributed by atoms with Crippen LogP contribution in [-0.2, 0) is 9.53 Å². The van der Waals surface area contributed by atoms with E-state index < -0.39 is 11.9 Å². The average Bonchev–Trinajstić information content (AvgIpc) is 3.37. The predicted octanol–water partition coefficient (Wildman–Crippen LogP) is 4.90. The first-order chi connectivity index (χ1) is 16.0. The summed E-state index contributed by atoms with van der Waals surface area (Å²) < 4.78 is 4.85. The van der Waals surface area contributed by atoms with E-state index in [1.165, 1.54) is 19.3 Å². The van der Waals surface area contributed by atoms with Crippen LogP contribution < -0.4 is 5.32 Å². The Balaban J connectivity index is 1.59. The number of carbonyl (C=O) groups is 3. The van der Waals surface area contributed by atoms with Crippen molar-refractivity contribution in [2.24, 2.45) is 0 Å². The summed E-state index contributed by atoms with van der Waals surface area (Å²) in [6.07, 6.45) is 3.45. The van der Waals surface area contributed by atoms with Gasteiger partial charge in [0, 0.05) is 24.7 Å². The molecule has 0 atom stereocenters. The molecule has 168 valence electrons. The van der Waals surface area contributed by atoms with Crippen LogP contribution in [0.5, 0.6) is 0 Å². The lowest BCUT2D eigenvalue weighted by molar-refractivity contribution is -0.111. The molecule has 1 aliphatic rings. The van der Waals surface area contributed by atoms with Crippen molar-refractivity contribution in [3.05, 3.63) is 83.4 Å². The summed E-state index contributed by atoms with van der Waals surface area (Å²) in [5.41, 5.74) is 2.58. The molecule has 1 heterocycles. The van der Waals surface area contributed by atoms with Gasteiger partial charge in [-0.05, 0) is 65.9 Å². The molecule has 0 saturated carbocycles. The molecule has 0 aromatic heterocycles. The fraction of sp³-hybridized carbons (Fsp3) is 0.222. The van der Waals surface area contributed by atoms with Crippen LogP contribution in [0.3, 0.4) is 0 Å². The molecule has 3 aromatic carbocycles. The molecule has 33 heavy (non-hydrogen) atoms. The number of fused-ring (bicyclic) bond motifs is 1. The van der Waals surface area contributed by atoms with Gasteiger partial charge in [-0.2, -0.15) is 0 Å². The summed E-state index contributed by atoms with van der Waals surface area (Å²) in [7, 11) is 1.28. The van der Waals surface area contributed by atoms with Crippen LogP contribution in [0.1, 0.15) is 46.0 Å². The summed E-state index contributed by atoms with van der Waals surface area (Å²) in [5, 5.41) is 4.98. The highest BCUT2D eigenvalue weighted by Crippen LogP contribution is 2.24. The van der Waals surface area contributed by atoms with Gasteiger partial charge in [-0.25, -0.2) is 4.79 Å². The average molecular weight is 443 g/mol. The largest absolute Gasteiger partial charge is 0.465 e. The summed E-state index contributed by atoms with van der Waals surface area (Å²) in [4.78, 5) is 39.6. The number of benzene rings is 3. The van der Waals surface area contributed by atoms with Crippen molar-refractivity contribution >= 4 is 39.8 Å². The number of hydrogen-bond acceptors (Lipinski definition) is 4. The van der Waals surface area contributed by atoms with Gasteiger partial charge in [0.1, 0.15) is 0 Å². The normalized spacial score (nSPS) is 13.8. The standard InChI is InChI=1S/C27H26N2O4/c1-18(20-10-9-19-7-3-4-8-21(19)16-20)15-25(30)28-24-17-22(11-12-23(24)27(32)33-2)26(31)29-13-5-6-14-29/h3-4,7-12,15-17H,5-6,13-14H2,1-2H3,(H,28,30). The van der Waals surface area contributed by atoms with Gasteiger partial charge < -0.3 is 15.0 Å². The van der Waals surface area contributed by atoms with Gasteiger partial charge >= 0.3 is 5.97 Å². The summed E-state index contributed by atoms with van der Waals surface area (Å²) in [6, 6.07) is 18.7. The molecule has 2 amide bonds. The zero-order chi connectivity index (χ0) is 23.4. The van der Waals surface area contributed by atoms with Crippen LogP contribution in [0.4, 0.5) is 5.69 Å². The van der Waals surface area contributed by atoms with Crippen molar-refractivity contribution in [1.29, 1.82) is 0 Å². The summed E-state index contributed by atoms with van der Waals surface area (Å²) >= 11 is 0. The second-order valence-electron chi connectivity index (χ2n) is 8.13. The molecule has 0 aliphatic carbocycles. The molecule has 6 heteroatoms. The van der Waals surface area contributed by atoms with Crippen molar-refractivity contribution in [3.8, 4) is 0 Å². The molecular formula is C27H26N2O4. The third-order valence-corrected chi connectivity index (χ3v) is 5.88. The third kappa shape index (κ3) is 4.95. The lowest BCUT2D eigenvalue weighted by Crippen LogP contribution is -2.27. The predicted molar refractivity (Wildman–Crippen MR) is 129 cm³/mol. The van der Waals surface area contributed by atoms with Crippen LogP contribution >= 0.6 is 0 Å². The first-order valence-corrected chi connectivity index (χ1v) is 11.0. The van der Waals surface area contributed by atoms with Gasteiger partial charge in [0.25, 0.3) is 5.91 Å². The number of likely N-dealkylation sites (tertiary alicyclic amines) is 1.